The van der Waals surface area contributed by atoms with Crippen molar-refractivity contribution in [3.8, 4) is 0 Å². The molecule has 2 saturated heterocycles. The zero-order valence-corrected chi connectivity index (χ0v) is 11.4. The van der Waals surface area contributed by atoms with E-state index in [1.807, 2.05) is 0 Å². The standard InChI is InChI=1S/C13H21N3O3/c1-17-13(4-7-18-8-5-13)12-15-11(19-16-12)10-3-2-6-14-9-10/h10,14H,2-9H2,1H3. The van der Waals surface area contributed by atoms with Crippen LogP contribution in [0.2, 0.25) is 0 Å². The summed E-state index contributed by atoms with van der Waals surface area (Å²) in [5.41, 5.74) is -0.428. The predicted molar refractivity (Wildman–Crippen MR) is 67.9 cm³/mol. The van der Waals surface area contributed by atoms with Gasteiger partial charge in [-0.05, 0) is 19.4 Å². The second-order valence-electron chi connectivity index (χ2n) is 5.31. The van der Waals surface area contributed by atoms with Crippen molar-refractivity contribution >= 4 is 0 Å². The van der Waals surface area contributed by atoms with Crippen LogP contribution in [0.3, 0.4) is 0 Å². The van der Waals surface area contributed by atoms with Gasteiger partial charge < -0.3 is 19.3 Å². The predicted octanol–water partition coefficient (Wildman–Crippen LogP) is 1.19. The van der Waals surface area contributed by atoms with Gasteiger partial charge in [0, 0.05) is 39.7 Å². The number of hydrogen-bond donors (Lipinski definition) is 1. The van der Waals surface area contributed by atoms with E-state index in [9.17, 15) is 0 Å². The first-order valence-corrected chi connectivity index (χ1v) is 7.02. The van der Waals surface area contributed by atoms with Gasteiger partial charge in [0.25, 0.3) is 0 Å². The monoisotopic (exact) mass is 267 g/mol. The summed E-state index contributed by atoms with van der Waals surface area (Å²) in [7, 11) is 1.71. The lowest BCUT2D eigenvalue weighted by Gasteiger charge is -2.32. The van der Waals surface area contributed by atoms with Crippen molar-refractivity contribution in [3.63, 3.8) is 0 Å². The van der Waals surface area contributed by atoms with E-state index in [1.54, 1.807) is 7.11 Å². The van der Waals surface area contributed by atoms with Crippen molar-refractivity contribution in [2.45, 2.75) is 37.2 Å². The molecule has 1 unspecified atom stereocenters. The molecule has 0 bridgehead atoms. The fourth-order valence-corrected chi connectivity index (χ4v) is 2.87. The molecule has 0 spiro atoms. The molecule has 106 valence electrons. The lowest BCUT2D eigenvalue weighted by atomic mass is 9.93. The van der Waals surface area contributed by atoms with Gasteiger partial charge in [0.05, 0.1) is 5.92 Å². The highest BCUT2D eigenvalue weighted by Crippen LogP contribution is 2.34. The van der Waals surface area contributed by atoms with Crippen molar-refractivity contribution in [1.82, 2.24) is 15.5 Å². The molecule has 6 heteroatoms. The third kappa shape index (κ3) is 2.52. The van der Waals surface area contributed by atoms with E-state index in [1.165, 1.54) is 0 Å². The van der Waals surface area contributed by atoms with E-state index >= 15 is 0 Å². The molecular formula is C13H21N3O3. The molecule has 2 fully saturated rings. The van der Waals surface area contributed by atoms with E-state index in [0.717, 1.165) is 44.7 Å². The van der Waals surface area contributed by atoms with Crippen molar-refractivity contribution in [1.29, 1.82) is 0 Å². The maximum absolute atomic E-state index is 5.68. The molecule has 3 rings (SSSR count). The zero-order valence-electron chi connectivity index (χ0n) is 11.4. The van der Waals surface area contributed by atoms with Crippen LogP contribution >= 0.6 is 0 Å². The molecule has 3 heterocycles. The van der Waals surface area contributed by atoms with Gasteiger partial charge in [-0.25, -0.2) is 0 Å². The lowest BCUT2D eigenvalue weighted by Crippen LogP contribution is -2.36. The molecule has 0 aromatic carbocycles. The first kappa shape index (κ1) is 13.0. The van der Waals surface area contributed by atoms with Crippen molar-refractivity contribution in [3.05, 3.63) is 11.7 Å². The van der Waals surface area contributed by atoms with Gasteiger partial charge >= 0.3 is 0 Å². The Kier molecular flexibility index (Phi) is 3.81. The Balaban J connectivity index is 1.79. The molecule has 0 radical (unpaired) electrons. The number of methoxy groups -OCH3 is 1. The van der Waals surface area contributed by atoms with Gasteiger partial charge in [-0.15, -0.1) is 0 Å². The summed E-state index contributed by atoms with van der Waals surface area (Å²) in [6.45, 7) is 3.37. The van der Waals surface area contributed by atoms with Crippen molar-refractivity contribution in [2.24, 2.45) is 0 Å². The topological polar surface area (TPSA) is 69.4 Å². The summed E-state index contributed by atoms with van der Waals surface area (Å²) >= 11 is 0. The van der Waals surface area contributed by atoms with E-state index in [4.69, 9.17) is 14.0 Å². The molecule has 19 heavy (non-hydrogen) atoms. The van der Waals surface area contributed by atoms with Crippen LogP contribution in [-0.4, -0.2) is 43.6 Å². The molecule has 0 amide bonds. The Morgan fingerprint density at radius 1 is 1.37 bits per heavy atom. The Morgan fingerprint density at radius 2 is 2.21 bits per heavy atom. The molecule has 0 aliphatic carbocycles. The molecule has 2 aliphatic heterocycles. The number of piperidine rings is 1. The molecule has 6 nitrogen and oxygen atoms in total. The van der Waals surface area contributed by atoms with Gasteiger partial charge in [-0.1, -0.05) is 5.16 Å². The number of rotatable bonds is 3. The van der Waals surface area contributed by atoms with Crippen molar-refractivity contribution in [2.75, 3.05) is 33.4 Å². The molecule has 1 N–H and O–H groups in total. The van der Waals surface area contributed by atoms with Crippen LogP contribution in [0.5, 0.6) is 0 Å². The average Bonchev–Trinajstić information content (AvgIpc) is 2.99. The maximum Gasteiger partial charge on any atom is 0.231 e. The highest BCUT2D eigenvalue weighted by molar-refractivity contribution is 5.05. The molecule has 1 aromatic rings. The first-order valence-electron chi connectivity index (χ1n) is 7.02. The van der Waals surface area contributed by atoms with Crippen LogP contribution in [0.15, 0.2) is 4.52 Å². The quantitative estimate of drug-likeness (QED) is 0.887. The second-order valence-corrected chi connectivity index (χ2v) is 5.31. The van der Waals surface area contributed by atoms with Gasteiger partial charge in [0.15, 0.2) is 0 Å². The lowest BCUT2D eigenvalue weighted by molar-refractivity contribution is -0.101. The smallest absolute Gasteiger partial charge is 0.231 e. The number of hydrogen-bond acceptors (Lipinski definition) is 6. The largest absolute Gasteiger partial charge is 0.381 e. The van der Waals surface area contributed by atoms with Crippen LogP contribution in [-0.2, 0) is 15.1 Å². The summed E-state index contributed by atoms with van der Waals surface area (Å²) in [6, 6.07) is 0. The summed E-state index contributed by atoms with van der Waals surface area (Å²) < 4.78 is 16.5. The summed E-state index contributed by atoms with van der Waals surface area (Å²) in [4.78, 5) is 4.60. The second kappa shape index (κ2) is 5.56. The number of nitrogens with one attached hydrogen (secondary N) is 1. The van der Waals surface area contributed by atoms with Gasteiger partial charge in [-0.2, -0.15) is 4.98 Å². The van der Waals surface area contributed by atoms with E-state index in [-0.39, 0.29) is 0 Å². The molecule has 1 atom stereocenters. The highest BCUT2D eigenvalue weighted by Gasteiger charge is 2.39. The normalized spacial score (nSPS) is 27.3. The van der Waals surface area contributed by atoms with Gasteiger partial charge in [0.1, 0.15) is 5.60 Å². The highest BCUT2D eigenvalue weighted by atomic mass is 16.5. The minimum atomic E-state index is -0.428. The van der Waals surface area contributed by atoms with Gasteiger partial charge in [0.2, 0.25) is 11.7 Å². The summed E-state index contributed by atoms with van der Waals surface area (Å²) in [5, 5.41) is 7.53. The van der Waals surface area contributed by atoms with Gasteiger partial charge in [-0.3, -0.25) is 0 Å². The fourth-order valence-electron chi connectivity index (χ4n) is 2.87. The Labute approximate surface area is 112 Å². The van der Waals surface area contributed by atoms with Crippen LogP contribution in [0.1, 0.15) is 43.3 Å². The number of ether oxygens (including phenoxy) is 2. The average molecular weight is 267 g/mol. The molecule has 2 aliphatic rings. The zero-order chi connectivity index (χ0) is 13.1. The van der Waals surface area contributed by atoms with E-state index in [0.29, 0.717) is 25.0 Å². The van der Waals surface area contributed by atoms with Crippen LogP contribution in [0.25, 0.3) is 0 Å². The molecule has 1 aromatic heterocycles. The Bertz CT molecular complexity index is 409. The summed E-state index contributed by atoms with van der Waals surface area (Å²) in [5.74, 6) is 1.76. The van der Waals surface area contributed by atoms with Crippen molar-refractivity contribution < 1.29 is 14.0 Å². The third-order valence-corrected chi connectivity index (χ3v) is 4.19. The minimum Gasteiger partial charge on any atom is -0.381 e. The Hall–Kier alpha value is -0.980. The number of aromatic nitrogens is 2. The SMILES string of the molecule is COC1(c2noc(C3CCCNC3)n2)CCOCC1. The molecular weight excluding hydrogens is 246 g/mol. The maximum atomic E-state index is 5.68. The fraction of sp³-hybridized carbons (Fsp3) is 0.846. The third-order valence-electron chi connectivity index (χ3n) is 4.19. The van der Waals surface area contributed by atoms with Crippen LogP contribution in [0.4, 0.5) is 0 Å². The van der Waals surface area contributed by atoms with E-state index < -0.39 is 5.60 Å². The van der Waals surface area contributed by atoms with Crippen LogP contribution in [0, 0.1) is 0 Å². The molecule has 0 saturated carbocycles. The van der Waals surface area contributed by atoms with Crippen LogP contribution < -0.4 is 5.32 Å². The number of nitrogens with zero attached hydrogens (tertiary/aromatic N) is 2. The van der Waals surface area contributed by atoms with E-state index in [2.05, 4.69) is 15.5 Å². The Morgan fingerprint density at radius 3 is 2.89 bits per heavy atom. The first-order chi connectivity index (χ1) is 9.34. The summed E-state index contributed by atoms with van der Waals surface area (Å²) in [6.07, 6.45) is 3.83. The minimum absolute atomic E-state index is 0.337.